The first-order chi connectivity index (χ1) is 7.91. The van der Waals surface area contributed by atoms with Gasteiger partial charge in [-0.3, -0.25) is 14.3 Å². The van der Waals surface area contributed by atoms with Gasteiger partial charge in [0.2, 0.25) is 11.6 Å². The molecule has 0 amide bonds. The van der Waals surface area contributed by atoms with Gasteiger partial charge in [0.05, 0.1) is 0 Å². The summed E-state index contributed by atoms with van der Waals surface area (Å²) in [5, 5.41) is 0. The van der Waals surface area contributed by atoms with Crippen LogP contribution in [-0.4, -0.2) is 27.3 Å². The van der Waals surface area contributed by atoms with Crippen molar-refractivity contribution >= 4 is 28.5 Å². The molecule has 0 aromatic heterocycles. The van der Waals surface area contributed by atoms with E-state index in [0.29, 0.717) is 12.8 Å². The smallest absolute Gasteiger partial charge is 0.268 e. The summed E-state index contributed by atoms with van der Waals surface area (Å²) in [5.74, 6) is -0.0839. The Bertz CT molecular complexity index is 452. The average molecular weight is 315 g/mol. The summed E-state index contributed by atoms with van der Waals surface area (Å²) in [4.78, 5) is 25.0. The van der Waals surface area contributed by atoms with E-state index in [1.54, 1.807) is 0 Å². The van der Waals surface area contributed by atoms with Gasteiger partial charge in [0, 0.05) is 31.1 Å². The molecule has 1 unspecified atom stereocenters. The van der Waals surface area contributed by atoms with Crippen molar-refractivity contribution in [1.82, 2.24) is 0 Å². The molecule has 3 bridgehead atoms. The molecule has 2 saturated heterocycles. The largest absolute Gasteiger partial charge is 0.505 e. The first-order valence-corrected chi connectivity index (χ1v) is 6.49. The number of halogens is 1. The van der Waals surface area contributed by atoms with Crippen LogP contribution in [0.2, 0.25) is 0 Å². The molecule has 18 heavy (non-hydrogen) atoms. The molecule has 2 saturated carbocycles. The highest BCUT2D eigenvalue weighted by Gasteiger charge is 2.73. The summed E-state index contributed by atoms with van der Waals surface area (Å²) in [7, 11) is 0. The lowest BCUT2D eigenvalue weighted by atomic mass is 9.67. The van der Waals surface area contributed by atoms with Crippen LogP contribution in [0.15, 0.2) is 0 Å². The zero-order valence-electron chi connectivity index (χ0n) is 10.9. The van der Waals surface area contributed by atoms with Crippen LogP contribution < -0.4 is 0 Å². The minimum atomic E-state index is -1.23. The molecule has 0 aromatic rings. The van der Waals surface area contributed by atoms with E-state index in [-0.39, 0.29) is 28.5 Å². The number of ketones is 2. The van der Waals surface area contributed by atoms with E-state index in [0.717, 1.165) is 30.4 Å². The van der Waals surface area contributed by atoms with Crippen molar-refractivity contribution in [3.05, 3.63) is 5.53 Å². The van der Waals surface area contributed by atoms with Crippen molar-refractivity contribution in [2.75, 3.05) is 0 Å². The van der Waals surface area contributed by atoms with Crippen molar-refractivity contribution in [2.45, 2.75) is 63.5 Å². The highest BCUT2D eigenvalue weighted by molar-refractivity contribution is 8.93. The number of rotatable bonds is 1. The number of hydrogen-bond donors (Lipinski definition) is 0. The Morgan fingerprint density at radius 1 is 1.22 bits per heavy atom. The van der Waals surface area contributed by atoms with Gasteiger partial charge >= 0.3 is 0 Å². The molecule has 100 valence electrons. The topological polar surface area (TPSA) is 59.4 Å². The first-order valence-electron chi connectivity index (χ1n) is 6.49. The molecule has 0 radical (unpaired) electrons. The van der Waals surface area contributed by atoms with Crippen molar-refractivity contribution in [2.24, 2.45) is 5.41 Å². The third kappa shape index (κ3) is 1.21. The SMILES string of the molecule is Br.CCC12C(=O)CC3(CCC(C)(CC3)[N+]1=[N-])C2=O. The standard InChI is InChI=1S/C13H18N2O2.BrH/c1-3-13-9(16)8-12(10(13)17)6-4-11(2,5-7-12)15(13)14;/h3-8H2,1-2H3;1H. The molecule has 4 aliphatic rings. The molecule has 4 fully saturated rings. The van der Waals surface area contributed by atoms with E-state index < -0.39 is 16.5 Å². The van der Waals surface area contributed by atoms with Crippen LogP contribution >= 0.6 is 17.0 Å². The van der Waals surface area contributed by atoms with Gasteiger partial charge in [-0.05, 0) is 19.8 Å². The predicted octanol–water partition coefficient (Wildman–Crippen LogP) is 2.62. The number of hydrogen-bond acceptors (Lipinski definition) is 2. The van der Waals surface area contributed by atoms with Gasteiger partial charge in [0.25, 0.3) is 5.54 Å². The van der Waals surface area contributed by atoms with E-state index in [9.17, 15) is 15.1 Å². The molecule has 5 heteroatoms. The fraction of sp³-hybridized carbons (Fsp3) is 0.846. The Labute approximate surface area is 117 Å². The van der Waals surface area contributed by atoms with Crippen molar-refractivity contribution in [3.8, 4) is 0 Å². The maximum Gasteiger partial charge on any atom is 0.268 e. The monoisotopic (exact) mass is 314 g/mol. The molecule has 0 aromatic carbocycles. The van der Waals surface area contributed by atoms with Gasteiger partial charge in [0.15, 0.2) is 0 Å². The number of carbonyl (C=O) groups excluding carboxylic acids is 2. The van der Waals surface area contributed by atoms with Crippen molar-refractivity contribution in [3.63, 3.8) is 0 Å². The second kappa shape index (κ2) is 3.71. The minimum absolute atomic E-state index is 0. The van der Waals surface area contributed by atoms with E-state index in [1.807, 2.05) is 13.8 Å². The molecule has 2 heterocycles. The second-order valence-electron chi connectivity index (χ2n) is 6.23. The zero-order chi connectivity index (χ0) is 12.5. The zero-order valence-corrected chi connectivity index (χ0v) is 12.6. The van der Waals surface area contributed by atoms with Gasteiger partial charge in [-0.25, -0.2) is 0 Å². The van der Waals surface area contributed by atoms with Crippen molar-refractivity contribution in [1.29, 1.82) is 0 Å². The maximum absolute atomic E-state index is 12.7. The lowest BCUT2D eigenvalue weighted by Gasteiger charge is -2.40. The normalized spacial score (nSPS) is 46.0. The highest BCUT2D eigenvalue weighted by atomic mass is 79.9. The van der Waals surface area contributed by atoms with Crippen LogP contribution in [0.5, 0.6) is 0 Å². The van der Waals surface area contributed by atoms with Gasteiger partial charge < -0.3 is 5.53 Å². The van der Waals surface area contributed by atoms with E-state index in [4.69, 9.17) is 0 Å². The predicted molar refractivity (Wildman–Crippen MR) is 70.9 cm³/mol. The molecule has 1 spiro atoms. The Hall–Kier alpha value is -0.580. The number of nitrogens with zero attached hydrogens (tertiary/aromatic N) is 2. The first kappa shape index (κ1) is 13.8. The van der Waals surface area contributed by atoms with Crippen LogP contribution in [0.1, 0.15) is 52.4 Å². The minimum Gasteiger partial charge on any atom is -0.505 e. The summed E-state index contributed by atoms with van der Waals surface area (Å²) in [6, 6.07) is 0. The van der Waals surface area contributed by atoms with Gasteiger partial charge in [-0.2, -0.15) is 0 Å². The molecular formula is C13H19BrN2O2. The number of carbonyl (C=O) groups is 2. The van der Waals surface area contributed by atoms with Crippen LogP contribution in [0, 0.1) is 5.41 Å². The summed E-state index contributed by atoms with van der Waals surface area (Å²) in [6.07, 6.45) is 3.86. The summed E-state index contributed by atoms with van der Waals surface area (Å²) in [5.41, 5.74) is 8.41. The highest BCUT2D eigenvalue weighted by Crippen LogP contribution is 2.58. The van der Waals surface area contributed by atoms with Crippen LogP contribution in [0.25, 0.3) is 5.53 Å². The third-order valence-corrected chi connectivity index (χ3v) is 5.49. The molecule has 4 rings (SSSR count). The molecule has 0 N–H and O–H groups in total. The Morgan fingerprint density at radius 2 is 1.78 bits per heavy atom. The van der Waals surface area contributed by atoms with Crippen LogP contribution in [-0.2, 0) is 9.59 Å². The quantitative estimate of drug-likeness (QED) is 0.552. The third-order valence-electron chi connectivity index (χ3n) is 5.49. The van der Waals surface area contributed by atoms with E-state index >= 15 is 0 Å². The molecule has 1 atom stereocenters. The fourth-order valence-electron chi connectivity index (χ4n) is 4.16. The second-order valence-corrected chi connectivity index (χ2v) is 6.23. The van der Waals surface area contributed by atoms with Crippen molar-refractivity contribution < 1.29 is 14.3 Å². The molecule has 2 aliphatic carbocycles. The van der Waals surface area contributed by atoms with E-state index in [1.165, 1.54) is 0 Å². The summed E-state index contributed by atoms with van der Waals surface area (Å²) < 4.78 is 1.13. The van der Waals surface area contributed by atoms with Gasteiger partial charge in [0.1, 0.15) is 5.54 Å². The number of Topliss-reactive ketones (excluding diaryl/α,β-unsaturated/α-hetero) is 2. The van der Waals surface area contributed by atoms with Crippen LogP contribution in [0.4, 0.5) is 0 Å². The molecular weight excluding hydrogens is 296 g/mol. The Morgan fingerprint density at radius 3 is 2.28 bits per heavy atom. The summed E-state index contributed by atoms with van der Waals surface area (Å²) in [6.45, 7) is 3.80. The summed E-state index contributed by atoms with van der Waals surface area (Å²) >= 11 is 0. The Kier molecular flexibility index (Phi) is 2.86. The maximum atomic E-state index is 12.7. The number of fused-ring (bicyclic) bond motifs is 2. The van der Waals surface area contributed by atoms with Gasteiger partial charge in [-0.1, -0.05) is 6.92 Å². The average Bonchev–Trinajstić information content (AvgIpc) is 2.45. The molecule has 2 aliphatic heterocycles. The lowest BCUT2D eigenvalue weighted by molar-refractivity contribution is -0.665. The fourth-order valence-corrected chi connectivity index (χ4v) is 4.16. The molecule has 4 nitrogen and oxygen atoms in total. The van der Waals surface area contributed by atoms with Crippen LogP contribution in [0.3, 0.4) is 0 Å². The Balaban J connectivity index is 0.00000120. The van der Waals surface area contributed by atoms with Gasteiger partial charge in [-0.15, -0.1) is 17.0 Å². The lowest BCUT2D eigenvalue weighted by Crippen LogP contribution is -2.56. The van der Waals surface area contributed by atoms with E-state index in [2.05, 4.69) is 0 Å².